The van der Waals surface area contributed by atoms with Crippen LogP contribution in [0.15, 0.2) is 70.3 Å². The van der Waals surface area contributed by atoms with E-state index in [1.807, 2.05) is 24.3 Å². The van der Waals surface area contributed by atoms with Gasteiger partial charge in [0.05, 0.1) is 11.1 Å². The van der Waals surface area contributed by atoms with Crippen molar-refractivity contribution in [1.82, 2.24) is 9.29 Å². The van der Waals surface area contributed by atoms with Gasteiger partial charge in [-0.2, -0.15) is 4.31 Å². The minimum atomic E-state index is -3.76. The summed E-state index contributed by atoms with van der Waals surface area (Å²) < 4.78 is 34.8. The molecule has 2 unspecified atom stereocenters. The summed E-state index contributed by atoms with van der Waals surface area (Å²) >= 11 is 6.03. The molecule has 0 saturated heterocycles. The summed E-state index contributed by atoms with van der Waals surface area (Å²) in [7, 11) is -3.76. The third-order valence-electron chi connectivity index (χ3n) is 7.54. The molecule has 1 N–H and O–H groups in total. The van der Waals surface area contributed by atoms with Crippen LogP contribution < -0.4 is 0 Å². The minimum absolute atomic E-state index is 0.107. The molecule has 2 fully saturated rings. The maximum Gasteiger partial charge on any atom is 0.243 e. The molecular formula is C26H29ClN2O4S. The predicted molar refractivity (Wildman–Crippen MR) is 131 cm³/mol. The van der Waals surface area contributed by atoms with Crippen molar-refractivity contribution in [3.05, 3.63) is 71.6 Å². The first-order chi connectivity index (χ1) is 16.4. The Balaban J connectivity index is 1.48. The van der Waals surface area contributed by atoms with Crippen LogP contribution in [-0.2, 0) is 16.6 Å². The summed E-state index contributed by atoms with van der Waals surface area (Å²) in [4.78, 5) is 4.42. The van der Waals surface area contributed by atoms with Crippen molar-refractivity contribution in [2.24, 2.45) is 11.3 Å². The zero-order chi connectivity index (χ0) is 23.8. The van der Waals surface area contributed by atoms with Gasteiger partial charge in [-0.05, 0) is 72.6 Å². The van der Waals surface area contributed by atoms with Crippen molar-refractivity contribution < 1.29 is 17.9 Å². The summed E-state index contributed by atoms with van der Waals surface area (Å²) in [6.07, 6.45) is 9.13. The van der Waals surface area contributed by atoms with Crippen LogP contribution in [0.25, 0.3) is 11.5 Å². The van der Waals surface area contributed by atoms with Crippen molar-refractivity contribution in [3.8, 4) is 11.5 Å². The lowest BCUT2D eigenvalue weighted by Crippen LogP contribution is -2.38. The summed E-state index contributed by atoms with van der Waals surface area (Å²) in [5.41, 5.74) is 1.58. The maximum atomic E-state index is 13.9. The van der Waals surface area contributed by atoms with Gasteiger partial charge < -0.3 is 9.52 Å². The van der Waals surface area contributed by atoms with Crippen molar-refractivity contribution >= 4 is 21.6 Å². The van der Waals surface area contributed by atoms with Crippen LogP contribution in [0.4, 0.5) is 0 Å². The van der Waals surface area contributed by atoms with E-state index < -0.39 is 10.0 Å². The van der Waals surface area contributed by atoms with E-state index in [0.29, 0.717) is 10.9 Å². The van der Waals surface area contributed by atoms with Crippen LogP contribution in [0.5, 0.6) is 0 Å². The number of nitrogens with zero attached hydrogens (tertiary/aromatic N) is 2. The van der Waals surface area contributed by atoms with Crippen LogP contribution in [0, 0.1) is 11.3 Å². The number of benzene rings is 2. The smallest absolute Gasteiger partial charge is 0.243 e. The lowest BCUT2D eigenvalue weighted by molar-refractivity contribution is 0.136. The first kappa shape index (κ1) is 23.5. The molecule has 2 aliphatic rings. The highest BCUT2D eigenvalue weighted by Crippen LogP contribution is 2.61. The van der Waals surface area contributed by atoms with Gasteiger partial charge in [-0.25, -0.2) is 13.4 Å². The van der Waals surface area contributed by atoms with Gasteiger partial charge in [0.25, 0.3) is 0 Å². The average Bonchev–Trinajstić information content (AvgIpc) is 3.36. The van der Waals surface area contributed by atoms with Gasteiger partial charge in [0.2, 0.25) is 15.9 Å². The summed E-state index contributed by atoms with van der Waals surface area (Å²) in [6, 6.07) is 13.9. The molecule has 2 aliphatic carbocycles. The van der Waals surface area contributed by atoms with Crippen molar-refractivity contribution in [1.29, 1.82) is 0 Å². The predicted octanol–water partition coefficient (Wildman–Crippen LogP) is 5.52. The van der Waals surface area contributed by atoms with E-state index in [9.17, 15) is 13.5 Å². The number of halogens is 1. The lowest BCUT2D eigenvalue weighted by atomic mass is 9.84. The Bertz CT molecular complexity index is 1210. The van der Waals surface area contributed by atoms with Crippen molar-refractivity contribution in [3.63, 3.8) is 0 Å². The van der Waals surface area contributed by atoms with E-state index in [1.54, 1.807) is 34.8 Å². The molecular weight excluding hydrogens is 472 g/mol. The first-order valence-corrected chi connectivity index (χ1v) is 13.6. The molecule has 180 valence electrons. The monoisotopic (exact) mass is 500 g/mol. The molecule has 34 heavy (non-hydrogen) atoms. The Hall–Kier alpha value is -2.19. The third kappa shape index (κ3) is 4.42. The average molecular weight is 501 g/mol. The largest absolute Gasteiger partial charge is 0.445 e. The molecule has 0 aliphatic heterocycles. The van der Waals surface area contributed by atoms with Crippen LogP contribution in [0.2, 0.25) is 5.02 Å². The Morgan fingerprint density at radius 3 is 2.53 bits per heavy atom. The van der Waals surface area contributed by atoms with Crippen molar-refractivity contribution in [2.75, 3.05) is 6.61 Å². The Morgan fingerprint density at radius 1 is 1.09 bits per heavy atom. The van der Waals surface area contributed by atoms with E-state index in [1.165, 1.54) is 6.26 Å². The van der Waals surface area contributed by atoms with Gasteiger partial charge in [0.1, 0.15) is 6.26 Å². The number of hydrogen-bond acceptors (Lipinski definition) is 5. The fraction of sp³-hybridized carbons (Fsp3) is 0.423. The third-order valence-corrected chi connectivity index (χ3v) is 9.67. The molecule has 1 spiro atoms. The highest BCUT2D eigenvalue weighted by Gasteiger charge is 2.62. The second kappa shape index (κ2) is 9.46. The van der Waals surface area contributed by atoms with Crippen LogP contribution in [-0.4, -0.2) is 35.5 Å². The number of sulfonamides is 1. The fourth-order valence-electron chi connectivity index (χ4n) is 5.59. The summed E-state index contributed by atoms with van der Waals surface area (Å²) in [5, 5.41) is 10.7. The second-order valence-corrected chi connectivity index (χ2v) is 11.8. The molecule has 2 saturated carbocycles. The van der Waals surface area contributed by atoms with Gasteiger partial charge in [-0.1, -0.05) is 43.0 Å². The Labute approximate surface area is 205 Å². The van der Waals surface area contributed by atoms with Crippen LogP contribution >= 0.6 is 11.6 Å². The molecule has 3 atom stereocenters. The number of aromatic nitrogens is 1. The first-order valence-electron chi connectivity index (χ1n) is 11.8. The SMILES string of the molecule is O=S(=O)(c1ccc(Cl)cc1)N(Cc1ccc(-c2ncco2)cc1)C1CC12CCCCC[C@H]2CO. The highest BCUT2D eigenvalue weighted by atomic mass is 35.5. The summed E-state index contributed by atoms with van der Waals surface area (Å²) in [5.74, 6) is 0.665. The molecule has 5 rings (SSSR count). The number of rotatable bonds is 7. The number of hydrogen-bond donors (Lipinski definition) is 1. The number of aliphatic hydroxyl groups is 1. The van der Waals surface area contributed by atoms with E-state index in [4.69, 9.17) is 16.0 Å². The highest BCUT2D eigenvalue weighted by molar-refractivity contribution is 7.89. The standard InChI is InChI=1S/C26H29ClN2O4S/c27-22-9-11-23(12-10-22)34(31,32)29(24-16-26(24)13-3-1-2-4-21(26)18-30)17-19-5-7-20(8-6-19)25-28-14-15-33-25/h5-12,14-15,21,24,30H,1-4,13,16-18H2/t21-,24?,26?/m0/s1. The second-order valence-electron chi connectivity index (χ2n) is 9.47. The Morgan fingerprint density at radius 2 is 1.85 bits per heavy atom. The molecule has 0 bridgehead atoms. The summed E-state index contributed by atoms with van der Waals surface area (Å²) in [6.45, 7) is 0.373. The molecule has 3 aromatic rings. The van der Waals surface area contributed by atoms with Crippen molar-refractivity contribution in [2.45, 2.75) is 56.0 Å². The van der Waals surface area contributed by atoms with Gasteiger partial charge in [-0.3, -0.25) is 0 Å². The maximum absolute atomic E-state index is 13.9. The topological polar surface area (TPSA) is 83.6 Å². The number of oxazole rings is 1. The molecule has 6 nitrogen and oxygen atoms in total. The van der Waals surface area contributed by atoms with E-state index >= 15 is 0 Å². The van der Waals surface area contributed by atoms with E-state index in [2.05, 4.69) is 4.98 Å². The number of aliphatic hydroxyl groups excluding tert-OH is 1. The quantitative estimate of drug-likeness (QED) is 0.462. The van der Waals surface area contributed by atoms with Gasteiger partial charge in [0, 0.05) is 29.8 Å². The van der Waals surface area contributed by atoms with Gasteiger partial charge in [0.15, 0.2) is 0 Å². The van der Waals surface area contributed by atoms with Gasteiger partial charge in [-0.15, -0.1) is 0 Å². The fourth-order valence-corrected chi connectivity index (χ4v) is 7.40. The molecule has 0 radical (unpaired) electrons. The van der Waals surface area contributed by atoms with Crippen LogP contribution in [0.1, 0.15) is 44.1 Å². The molecule has 1 heterocycles. The van der Waals surface area contributed by atoms with Gasteiger partial charge >= 0.3 is 0 Å². The van der Waals surface area contributed by atoms with E-state index in [0.717, 1.165) is 49.7 Å². The normalized spacial score (nSPS) is 24.9. The molecule has 1 aromatic heterocycles. The zero-order valence-corrected chi connectivity index (χ0v) is 20.5. The molecule has 0 amide bonds. The molecule has 8 heteroatoms. The van der Waals surface area contributed by atoms with Crippen LogP contribution in [0.3, 0.4) is 0 Å². The van der Waals surface area contributed by atoms with E-state index in [-0.39, 0.29) is 35.4 Å². The molecule has 2 aromatic carbocycles. The zero-order valence-electron chi connectivity index (χ0n) is 18.9. The Kier molecular flexibility index (Phi) is 6.55. The minimum Gasteiger partial charge on any atom is -0.445 e. The lowest BCUT2D eigenvalue weighted by Gasteiger charge is -2.30.